The number of hydrogen-bond acceptors (Lipinski definition) is 8. The molecule has 0 aliphatic heterocycles. The van der Waals surface area contributed by atoms with Crippen LogP contribution in [-0.4, -0.2) is 43.8 Å². The molecule has 0 saturated heterocycles. The molecule has 182 valence electrons. The van der Waals surface area contributed by atoms with E-state index in [0.717, 1.165) is 4.57 Å². The van der Waals surface area contributed by atoms with E-state index >= 15 is 0 Å². The van der Waals surface area contributed by atoms with Gasteiger partial charge < -0.3 is 14.8 Å². The van der Waals surface area contributed by atoms with E-state index in [1.807, 2.05) is 0 Å². The quantitative estimate of drug-likeness (QED) is 0.409. The molecule has 0 radical (unpaired) electrons. The van der Waals surface area contributed by atoms with E-state index in [1.54, 1.807) is 12.1 Å². The van der Waals surface area contributed by atoms with Gasteiger partial charge in [-0.1, -0.05) is 0 Å². The fourth-order valence-electron chi connectivity index (χ4n) is 3.81. The summed E-state index contributed by atoms with van der Waals surface area (Å²) >= 11 is 0. The maximum absolute atomic E-state index is 12.9. The first-order chi connectivity index (χ1) is 16.7. The molecule has 35 heavy (non-hydrogen) atoms. The molecular formula is C23H24N6O6. The second kappa shape index (κ2) is 9.41. The van der Waals surface area contributed by atoms with Crippen molar-refractivity contribution in [3.63, 3.8) is 0 Å². The molecule has 12 heteroatoms. The summed E-state index contributed by atoms with van der Waals surface area (Å²) in [6.45, 7) is 0.280. The average Bonchev–Trinajstić information content (AvgIpc) is 2.86. The third-order valence-corrected chi connectivity index (χ3v) is 5.71. The molecule has 0 aliphatic rings. The summed E-state index contributed by atoms with van der Waals surface area (Å²) in [5.41, 5.74) is -0.185. The van der Waals surface area contributed by atoms with Crippen LogP contribution in [0, 0.1) is 0 Å². The van der Waals surface area contributed by atoms with Gasteiger partial charge in [-0.3, -0.25) is 28.1 Å². The van der Waals surface area contributed by atoms with E-state index in [4.69, 9.17) is 9.47 Å². The Bertz CT molecular complexity index is 1630. The molecule has 1 N–H and O–H groups in total. The van der Waals surface area contributed by atoms with Crippen molar-refractivity contribution in [3.8, 4) is 11.5 Å². The molecule has 0 saturated carbocycles. The molecule has 4 aromatic rings. The summed E-state index contributed by atoms with van der Waals surface area (Å²) in [6.07, 6.45) is 3.32. The Labute approximate surface area is 198 Å². The van der Waals surface area contributed by atoms with Crippen molar-refractivity contribution in [2.24, 2.45) is 14.1 Å². The lowest BCUT2D eigenvalue weighted by atomic mass is 10.2. The van der Waals surface area contributed by atoms with Crippen LogP contribution in [0.2, 0.25) is 0 Å². The molecule has 0 spiro atoms. The van der Waals surface area contributed by atoms with E-state index in [-0.39, 0.29) is 35.5 Å². The Morgan fingerprint density at radius 1 is 0.943 bits per heavy atom. The number of pyridine rings is 1. The number of nitrogens with zero attached hydrogens (tertiary/aromatic N) is 5. The van der Waals surface area contributed by atoms with Gasteiger partial charge in [0.05, 0.1) is 48.7 Å². The first-order valence-corrected chi connectivity index (χ1v) is 10.7. The number of methoxy groups -OCH3 is 2. The van der Waals surface area contributed by atoms with Gasteiger partial charge in [0.2, 0.25) is 5.91 Å². The van der Waals surface area contributed by atoms with E-state index in [2.05, 4.69) is 15.3 Å². The number of fused-ring (bicyclic) bond motifs is 2. The summed E-state index contributed by atoms with van der Waals surface area (Å²) in [4.78, 5) is 58.2. The van der Waals surface area contributed by atoms with Crippen LogP contribution < -0.4 is 31.6 Å². The number of benzene rings is 1. The molecule has 1 amide bonds. The summed E-state index contributed by atoms with van der Waals surface area (Å²) in [5, 5.41) is 3.30. The number of carbonyl (C=O) groups is 1. The lowest BCUT2D eigenvalue weighted by molar-refractivity contribution is -0.116. The van der Waals surface area contributed by atoms with Crippen molar-refractivity contribution in [1.29, 1.82) is 0 Å². The molecule has 0 aliphatic carbocycles. The van der Waals surface area contributed by atoms with Gasteiger partial charge in [0.25, 0.3) is 11.1 Å². The van der Waals surface area contributed by atoms with Crippen LogP contribution in [0.1, 0.15) is 12.8 Å². The van der Waals surface area contributed by atoms with Crippen molar-refractivity contribution in [1.82, 2.24) is 23.7 Å². The molecule has 0 bridgehead atoms. The fraction of sp³-hybridized carbons (Fsp3) is 0.304. The summed E-state index contributed by atoms with van der Waals surface area (Å²) in [5.74, 6) is 0.598. The maximum atomic E-state index is 12.9. The number of nitrogens with one attached hydrogen (secondary N) is 1. The summed E-state index contributed by atoms with van der Waals surface area (Å²) in [6, 6.07) is 4.71. The minimum Gasteiger partial charge on any atom is -0.493 e. The first-order valence-electron chi connectivity index (χ1n) is 10.7. The van der Waals surface area contributed by atoms with Gasteiger partial charge in [-0.05, 0) is 18.6 Å². The zero-order chi connectivity index (χ0) is 25.3. The molecule has 4 rings (SSSR count). The van der Waals surface area contributed by atoms with Crippen LogP contribution in [-0.2, 0) is 25.4 Å². The van der Waals surface area contributed by atoms with Crippen molar-refractivity contribution in [3.05, 3.63) is 61.9 Å². The molecule has 1 aromatic carbocycles. The SMILES string of the molecule is COc1cc2ncn(CCCC(=O)Nc3cnc4c(c3)c(=O)n(C)c(=O)n4C)c(=O)c2cc1OC. The van der Waals surface area contributed by atoms with Crippen LogP contribution in [0.25, 0.3) is 21.9 Å². The largest absolute Gasteiger partial charge is 0.493 e. The minimum absolute atomic E-state index is 0.125. The topological polar surface area (TPSA) is 139 Å². The van der Waals surface area contributed by atoms with Crippen LogP contribution >= 0.6 is 0 Å². The molecule has 0 fully saturated rings. The van der Waals surface area contributed by atoms with Crippen LogP contribution in [0.5, 0.6) is 11.5 Å². The number of aromatic nitrogens is 5. The highest BCUT2D eigenvalue weighted by molar-refractivity contribution is 5.92. The molecule has 0 atom stereocenters. The predicted octanol–water partition coefficient (Wildman–Crippen LogP) is 0.778. The van der Waals surface area contributed by atoms with Gasteiger partial charge in [-0.2, -0.15) is 0 Å². The smallest absolute Gasteiger partial charge is 0.332 e. The van der Waals surface area contributed by atoms with E-state index in [0.29, 0.717) is 34.5 Å². The van der Waals surface area contributed by atoms with Gasteiger partial charge in [0.1, 0.15) is 5.65 Å². The third kappa shape index (κ3) is 4.37. The Kier molecular flexibility index (Phi) is 6.36. The van der Waals surface area contributed by atoms with Gasteiger partial charge in [0, 0.05) is 33.1 Å². The van der Waals surface area contributed by atoms with Crippen molar-refractivity contribution in [2.75, 3.05) is 19.5 Å². The van der Waals surface area contributed by atoms with E-state index in [1.165, 1.54) is 56.0 Å². The van der Waals surface area contributed by atoms with E-state index in [9.17, 15) is 19.2 Å². The highest BCUT2D eigenvalue weighted by Crippen LogP contribution is 2.29. The van der Waals surface area contributed by atoms with Crippen LogP contribution in [0.3, 0.4) is 0 Å². The Morgan fingerprint density at radius 2 is 1.66 bits per heavy atom. The van der Waals surface area contributed by atoms with Crippen LogP contribution in [0.15, 0.2) is 45.1 Å². The number of hydrogen-bond donors (Lipinski definition) is 1. The third-order valence-electron chi connectivity index (χ3n) is 5.71. The Balaban J connectivity index is 1.46. The second-order valence-electron chi connectivity index (χ2n) is 7.92. The van der Waals surface area contributed by atoms with Crippen molar-refractivity contribution < 1.29 is 14.3 Å². The standard InChI is InChI=1S/C23H24N6O6/c1-27-20-15(21(31)28(2)23(27)33)8-13(11-24-20)26-19(30)6-5-7-29-12-25-16-10-18(35-4)17(34-3)9-14(16)22(29)32/h8-12H,5-7H2,1-4H3,(H,26,30). The average molecular weight is 480 g/mol. The number of amides is 1. The highest BCUT2D eigenvalue weighted by Gasteiger charge is 2.13. The molecular weight excluding hydrogens is 456 g/mol. The predicted molar refractivity (Wildman–Crippen MR) is 129 cm³/mol. The number of aryl methyl sites for hydroxylation is 2. The van der Waals surface area contributed by atoms with E-state index < -0.39 is 11.2 Å². The number of anilines is 1. The lowest BCUT2D eigenvalue weighted by Gasteiger charge is -2.11. The number of rotatable bonds is 7. The van der Waals surface area contributed by atoms with Gasteiger partial charge in [-0.25, -0.2) is 14.8 Å². The number of ether oxygens (including phenoxy) is 2. The molecule has 0 unspecified atom stereocenters. The van der Waals surface area contributed by atoms with Crippen molar-refractivity contribution in [2.45, 2.75) is 19.4 Å². The number of carbonyl (C=O) groups excluding carboxylic acids is 1. The van der Waals surface area contributed by atoms with Crippen molar-refractivity contribution >= 4 is 33.5 Å². The fourth-order valence-corrected chi connectivity index (χ4v) is 3.81. The lowest BCUT2D eigenvalue weighted by Crippen LogP contribution is -2.37. The molecule has 3 heterocycles. The molecule has 12 nitrogen and oxygen atoms in total. The first kappa shape index (κ1) is 23.7. The molecule has 3 aromatic heterocycles. The minimum atomic E-state index is -0.496. The zero-order valence-electron chi connectivity index (χ0n) is 19.7. The van der Waals surface area contributed by atoms with Gasteiger partial charge in [-0.15, -0.1) is 0 Å². The maximum Gasteiger partial charge on any atom is 0.332 e. The van der Waals surface area contributed by atoms with Crippen LogP contribution in [0.4, 0.5) is 5.69 Å². The monoisotopic (exact) mass is 480 g/mol. The Morgan fingerprint density at radius 3 is 2.37 bits per heavy atom. The normalized spacial score (nSPS) is 11.1. The zero-order valence-corrected chi connectivity index (χ0v) is 19.7. The van der Waals surface area contributed by atoms with Gasteiger partial charge in [0.15, 0.2) is 11.5 Å². The Hall–Kier alpha value is -4.48. The highest BCUT2D eigenvalue weighted by atomic mass is 16.5. The summed E-state index contributed by atoms with van der Waals surface area (Å²) in [7, 11) is 5.89. The van der Waals surface area contributed by atoms with Gasteiger partial charge >= 0.3 is 5.69 Å². The second-order valence-corrected chi connectivity index (χ2v) is 7.92. The summed E-state index contributed by atoms with van der Waals surface area (Å²) < 4.78 is 14.2.